The Morgan fingerprint density at radius 2 is 1.92 bits per heavy atom. The summed E-state index contributed by atoms with van der Waals surface area (Å²) in [5.41, 5.74) is 7.74. The summed E-state index contributed by atoms with van der Waals surface area (Å²) in [5.74, 6) is -0.939. The van der Waals surface area contributed by atoms with Crippen LogP contribution in [0.25, 0.3) is 0 Å². The highest BCUT2D eigenvalue weighted by Crippen LogP contribution is 2.28. The van der Waals surface area contributed by atoms with Gasteiger partial charge in [0, 0.05) is 30.2 Å². The van der Waals surface area contributed by atoms with Gasteiger partial charge in [0.25, 0.3) is 5.91 Å². The fourth-order valence-corrected chi connectivity index (χ4v) is 3.05. The Morgan fingerprint density at radius 3 is 2.60 bits per heavy atom. The molecule has 3 N–H and O–H groups in total. The van der Waals surface area contributed by atoms with E-state index < -0.39 is 12.0 Å². The smallest absolute Gasteiger partial charge is 0.257 e. The largest absolute Gasteiger partial charge is 0.399 e. The van der Waals surface area contributed by atoms with E-state index in [0.29, 0.717) is 48.6 Å². The second kappa shape index (κ2) is 7.27. The van der Waals surface area contributed by atoms with E-state index in [0.717, 1.165) is 0 Å². The molecule has 2 aromatic carbocycles. The molecule has 1 heterocycles. The Morgan fingerprint density at radius 1 is 1.20 bits per heavy atom. The number of hydrogen-bond donors (Lipinski definition) is 2. The molecule has 3 rings (SSSR count). The van der Waals surface area contributed by atoms with Gasteiger partial charge in [0.05, 0.1) is 10.6 Å². The molecular weight excluding hydrogens is 348 g/mol. The number of hydrogen-bond acceptors (Lipinski definition) is 3. The number of halogens is 3. The number of piperidine rings is 1. The molecule has 0 aliphatic carbocycles. The first kappa shape index (κ1) is 17.5. The van der Waals surface area contributed by atoms with Crippen LogP contribution in [0.5, 0.6) is 0 Å². The average Bonchev–Trinajstić information content (AvgIpc) is 2.59. The number of nitrogens with zero attached hydrogens (tertiary/aromatic N) is 1. The van der Waals surface area contributed by atoms with Crippen molar-refractivity contribution in [1.82, 2.24) is 0 Å². The van der Waals surface area contributed by atoms with Crippen molar-refractivity contribution in [3.63, 3.8) is 0 Å². The number of nitrogen functional groups attached to an aromatic ring is 1. The Balaban J connectivity index is 1.86. The van der Waals surface area contributed by atoms with Crippen LogP contribution in [0.4, 0.5) is 25.8 Å². The van der Waals surface area contributed by atoms with E-state index in [1.807, 2.05) is 4.90 Å². The molecule has 0 spiro atoms. The van der Waals surface area contributed by atoms with Crippen LogP contribution >= 0.6 is 11.6 Å². The monoisotopic (exact) mass is 365 g/mol. The number of rotatable bonds is 3. The van der Waals surface area contributed by atoms with Crippen molar-refractivity contribution in [3.05, 3.63) is 52.8 Å². The Labute approximate surface area is 149 Å². The predicted molar refractivity (Wildman–Crippen MR) is 96.6 cm³/mol. The van der Waals surface area contributed by atoms with E-state index in [4.69, 9.17) is 17.3 Å². The zero-order valence-corrected chi connectivity index (χ0v) is 14.2. The number of amides is 1. The van der Waals surface area contributed by atoms with E-state index in [2.05, 4.69) is 5.32 Å². The van der Waals surface area contributed by atoms with Gasteiger partial charge in [-0.3, -0.25) is 4.79 Å². The lowest BCUT2D eigenvalue weighted by molar-refractivity contribution is 0.102. The zero-order valence-electron chi connectivity index (χ0n) is 13.4. The number of alkyl halides is 1. The van der Waals surface area contributed by atoms with Gasteiger partial charge in [0.1, 0.15) is 12.0 Å². The lowest BCUT2D eigenvalue weighted by Crippen LogP contribution is -2.35. The zero-order chi connectivity index (χ0) is 18.0. The van der Waals surface area contributed by atoms with E-state index in [9.17, 15) is 13.6 Å². The van der Waals surface area contributed by atoms with Crippen LogP contribution in [0, 0.1) is 5.82 Å². The third-order valence-electron chi connectivity index (χ3n) is 4.21. The molecule has 132 valence electrons. The van der Waals surface area contributed by atoms with Gasteiger partial charge in [-0.2, -0.15) is 0 Å². The van der Waals surface area contributed by atoms with E-state index >= 15 is 0 Å². The van der Waals surface area contributed by atoms with E-state index in [1.54, 1.807) is 18.2 Å². The normalized spacial score (nSPS) is 15.2. The molecule has 4 nitrogen and oxygen atoms in total. The van der Waals surface area contributed by atoms with E-state index in [-0.39, 0.29) is 10.9 Å². The van der Waals surface area contributed by atoms with Crippen LogP contribution in [0.2, 0.25) is 5.02 Å². The number of anilines is 3. The minimum Gasteiger partial charge on any atom is -0.399 e. The Hall–Kier alpha value is -2.34. The number of nitrogens with two attached hydrogens (primary N) is 1. The van der Waals surface area contributed by atoms with Crippen LogP contribution in [-0.4, -0.2) is 25.2 Å². The van der Waals surface area contributed by atoms with Crippen LogP contribution in [0.3, 0.4) is 0 Å². The number of benzene rings is 2. The maximum Gasteiger partial charge on any atom is 0.257 e. The van der Waals surface area contributed by atoms with Crippen molar-refractivity contribution in [2.24, 2.45) is 0 Å². The first-order valence-electron chi connectivity index (χ1n) is 7.99. The summed E-state index contributed by atoms with van der Waals surface area (Å²) < 4.78 is 26.6. The van der Waals surface area contributed by atoms with Crippen molar-refractivity contribution in [2.45, 2.75) is 19.0 Å². The molecule has 0 bridgehead atoms. The van der Waals surface area contributed by atoms with Gasteiger partial charge < -0.3 is 16.0 Å². The summed E-state index contributed by atoms with van der Waals surface area (Å²) in [6.45, 7) is 1.07. The molecule has 1 aliphatic heterocycles. The maximum absolute atomic E-state index is 13.4. The van der Waals surface area contributed by atoms with E-state index in [1.165, 1.54) is 18.2 Å². The second-order valence-corrected chi connectivity index (χ2v) is 6.43. The summed E-state index contributed by atoms with van der Waals surface area (Å²) in [4.78, 5) is 14.7. The lowest BCUT2D eigenvalue weighted by atomic mass is 10.0. The molecule has 0 unspecified atom stereocenters. The van der Waals surface area contributed by atoms with Crippen molar-refractivity contribution in [2.75, 3.05) is 29.0 Å². The number of nitrogens with one attached hydrogen (secondary N) is 1. The quantitative estimate of drug-likeness (QED) is 0.799. The highest BCUT2D eigenvalue weighted by atomic mass is 35.5. The molecule has 1 fully saturated rings. The first-order chi connectivity index (χ1) is 11.9. The molecular formula is C18H18ClF2N3O. The van der Waals surface area contributed by atoms with Crippen molar-refractivity contribution in [1.29, 1.82) is 0 Å². The summed E-state index contributed by atoms with van der Waals surface area (Å²) in [5, 5.41) is 2.62. The lowest BCUT2D eigenvalue weighted by Gasteiger charge is -2.32. The Kier molecular flexibility index (Phi) is 5.08. The van der Waals surface area contributed by atoms with Gasteiger partial charge in [-0.05, 0) is 49.2 Å². The third-order valence-corrected chi connectivity index (χ3v) is 4.50. The number of carbonyl (C=O) groups is 1. The van der Waals surface area contributed by atoms with Crippen LogP contribution in [0.1, 0.15) is 23.2 Å². The van der Waals surface area contributed by atoms with Gasteiger partial charge >= 0.3 is 0 Å². The van der Waals surface area contributed by atoms with Crippen LogP contribution < -0.4 is 16.0 Å². The third kappa shape index (κ3) is 4.02. The first-order valence-corrected chi connectivity index (χ1v) is 8.37. The maximum atomic E-state index is 13.4. The molecule has 0 aromatic heterocycles. The molecule has 1 saturated heterocycles. The average molecular weight is 366 g/mol. The molecule has 25 heavy (non-hydrogen) atoms. The van der Waals surface area contributed by atoms with Crippen molar-refractivity contribution in [3.8, 4) is 0 Å². The standard InChI is InChI=1S/C18H18ClF2N3O/c19-15-10-13(2-3-16(15)21)23-18(25)14-9-12(22)1-4-17(14)24-7-5-11(20)6-8-24/h1-4,9-11H,5-8,22H2,(H,23,25). The SMILES string of the molecule is Nc1ccc(N2CCC(F)CC2)c(C(=O)Nc2ccc(F)c(Cl)c2)c1. The van der Waals surface area contributed by atoms with Gasteiger partial charge in [-0.15, -0.1) is 0 Å². The molecule has 1 aliphatic rings. The van der Waals surface area contributed by atoms with Gasteiger partial charge in [-0.25, -0.2) is 8.78 Å². The molecule has 0 atom stereocenters. The van der Waals surface area contributed by atoms with Gasteiger partial charge in [-0.1, -0.05) is 11.6 Å². The highest BCUT2D eigenvalue weighted by Gasteiger charge is 2.23. The van der Waals surface area contributed by atoms with Crippen molar-refractivity contribution < 1.29 is 13.6 Å². The highest BCUT2D eigenvalue weighted by molar-refractivity contribution is 6.31. The van der Waals surface area contributed by atoms with Crippen LogP contribution in [0.15, 0.2) is 36.4 Å². The fraction of sp³-hybridized carbons (Fsp3) is 0.278. The second-order valence-electron chi connectivity index (χ2n) is 6.02. The minimum absolute atomic E-state index is 0.0735. The summed E-state index contributed by atoms with van der Waals surface area (Å²) in [6, 6.07) is 9.01. The molecule has 0 radical (unpaired) electrons. The van der Waals surface area contributed by atoms with Crippen molar-refractivity contribution >= 4 is 34.6 Å². The Bertz CT molecular complexity index is 792. The molecule has 7 heteroatoms. The van der Waals surface area contributed by atoms with Gasteiger partial charge in [0.2, 0.25) is 0 Å². The summed E-state index contributed by atoms with van der Waals surface area (Å²) in [7, 11) is 0. The topological polar surface area (TPSA) is 58.4 Å². The summed E-state index contributed by atoms with van der Waals surface area (Å²) in [6.07, 6.45) is 0.0570. The molecule has 2 aromatic rings. The predicted octanol–water partition coefficient (Wildman–Crippen LogP) is 4.25. The number of carbonyl (C=O) groups excluding carboxylic acids is 1. The van der Waals surface area contributed by atoms with Crippen LogP contribution in [-0.2, 0) is 0 Å². The van der Waals surface area contributed by atoms with Gasteiger partial charge in [0.15, 0.2) is 0 Å². The minimum atomic E-state index is -0.802. The fourth-order valence-electron chi connectivity index (χ4n) is 2.87. The summed E-state index contributed by atoms with van der Waals surface area (Å²) >= 11 is 5.75. The molecule has 1 amide bonds. The molecule has 0 saturated carbocycles.